The summed E-state index contributed by atoms with van der Waals surface area (Å²) in [6.07, 6.45) is 1.03. The van der Waals surface area contributed by atoms with Gasteiger partial charge in [-0.3, -0.25) is 4.79 Å². The molecule has 0 aliphatic carbocycles. The van der Waals surface area contributed by atoms with E-state index in [0.717, 1.165) is 6.42 Å². The third kappa shape index (κ3) is 2.89. The van der Waals surface area contributed by atoms with Crippen molar-refractivity contribution in [2.45, 2.75) is 26.4 Å². The molecule has 1 atom stereocenters. The molecule has 3 N–H and O–H groups in total. The number of hydrogen-bond donors (Lipinski definition) is 2. The van der Waals surface area contributed by atoms with Crippen LogP contribution in [0.5, 0.6) is 5.75 Å². The van der Waals surface area contributed by atoms with Gasteiger partial charge in [0.2, 0.25) is 0 Å². The van der Waals surface area contributed by atoms with Crippen LogP contribution in [0.15, 0.2) is 18.2 Å². The number of carbonyl (C=O) groups excluding carboxylic acids is 1. The fourth-order valence-corrected chi connectivity index (χ4v) is 1.24. The molecule has 1 aromatic carbocycles. The number of nitrogens with one attached hydrogen (secondary N) is 1. The number of ether oxygens (including phenoxy) is 1. The van der Waals surface area contributed by atoms with Crippen molar-refractivity contribution in [2.75, 3.05) is 12.8 Å². The first-order valence-corrected chi connectivity index (χ1v) is 5.36. The van der Waals surface area contributed by atoms with Crippen LogP contribution in [0.4, 0.5) is 5.69 Å². The van der Waals surface area contributed by atoms with Crippen LogP contribution < -0.4 is 15.8 Å². The minimum absolute atomic E-state index is 0.119. The second-order valence-corrected chi connectivity index (χ2v) is 3.67. The predicted octanol–water partition coefficient (Wildman–Crippen LogP) is 1.81. The summed E-state index contributed by atoms with van der Waals surface area (Å²) in [5.41, 5.74) is 6.84. The number of carbonyl (C=O) groups is 1. The Morgan fingerprint density at radius 2 is 2.25 bits per heavy atom. The second-order valence-electron chi connectivity index (χ2n) is 3.67. The van der Waals surface area contributed by atoms with E-state index in [-0.39, 0.29) is 12.0 Å². The van der Waals surface area contributed by atoms with Crippen molar-refractivity contribution in [2.24, 2.45) is 0 Å². The van der Waals surface area contributed by atoms with Gasteiger partial charge in [-0.05, 0) is 31.5 Å². The minimum atomic E-state index is -0.151. The van der Waals surface area contributed by atoms with Crippen LogP contribution in [-0.4, -0.2) is 19.1 Å². The van der Waals surface area contributed by atoms with Crippen LogP contribution in [0.2, 0.25) is 0 Å². The number of benzene rings is 1. The SMILES string of the molecule is CCC(C)Oc1ccc(C(=O)NC)cc1N. The van der Waals surface area contributed by atoms with Gasteiger partial charge in [-0.2, -0.15) is 0 Å². The van der Waals surface area contributed by atoms with E-state index in [1.807, 2.05) is 13.8 Å². The van der Waals surface area contributed by atoms with Gasteiger partial charge >= 0.3 is 0 Å². The van der Waals surface area contributed by atoms with E-state index >= 15 is 0 Å². The van der Waals surface area contributed by atoms with Crippen LogP contribution in [0.1, 0.15) is 30.6 Å². The third-order valence-electron chi connectivity index (χ3n) is 2.40. The van der Waals surface area contributed by atoms with Crippen LogP contribution in [-0.2, 0) is 0 Å². The zero-order chi connectivity index (χ0) is 12.1. The van der Waals surface area contributed by atoms with Crippen LogP contribution in [0.3, 0.4) is 0 Å². The van der Waals surface area contributed by atoms with Crippen molar-refractivity contribution in [3.8, 4) is 5.75 Å². The van der Waals surface area contributed by atoms with Crippen molar-refractivity contribution >= 4 is 11.6 Å². The Hall–Kier alpha value is -1.71. The zero-order valence-corrected chi connectivity index (χ0v) is 9.91. The molecule has 4 heteroatoms. The number of anilines is 1. The van der Waals surface area contributed by atoms with Gasteiger partial charge in [0.15, 0.2) is 0 Å². The number of nitrogens with two attached hydrogens (primary N) is 1. The number of nitrogen functional groups attached to an aromatic ring is 1. The summed E-state index contributed by atoms with van der Waals surface area (Å²) in [7, 11) is 1.59. The van der Waals surface area contributed by atoms with Crippen LogP contribution in [0, 0.1) is 0 Å². The lowest BCUT2D eigenvalue weighted by atomic mass is 10.1. The predicted molar refractivity (Wildman–Crippen MR) is 64.6 cm³/mol. The Bertz CT molecular complexity index is 377. The summed E-state index contributed by atoms with van der Waals surface area (Å²) < 4.78 is 5.61. The lowest BCUT2D eigenvalue weighted by molar-refractivity contribution is 0.0963. The van der Waals surface area contributed by atoms with Gasteiger partial charge in [-0.1, -0.05) is 6.92 Å². The lowest BCUT2D eigenvalue weighted by Crippen LogP contribution is -2.18. The molecule has 0 heterocycles. The highest BCUT2D eigenvalue weighted by Gasteiger charge is 2.09. The monoisotopic (exact) mass is 222 g/mol. The fourth-order valence-electron chi connectivity index (χ4n) is 1.24. The zero-order valence-electron chi connectivity index (χ0n) is 9.91. The van der Waals surface area contributed by atoms with E-state index in [1.54, 1.807) is 25.2 Å². The summed E-state index contributed by atoms with van der Waals surface area (Å²) >= 11 is 0. The Kier molecular flexibility index (Phi) is 4.17. The normalized spacial score (nSPS) is 11.9. The highest BCUT2D eigenvalue weighted by atomic mass is 16.5. The molecule has 1 rings (SSSR count). The maximum absolute atomic E-state index is 11.3. The summed E-state index contributed by atoms with van der Waals surface area (Å²) in [6.45, 7) is 4.02. The Morgan fingerprint density at radius 3 is 2.75 bits per heavy atom. The van der Waals surface area contributed by atoms with Gasteiger partial charge in [0, 0.05) is 12.6 Å². The van der Waals surface area contributed by atoms with Crippen LogP contribution >= 0.6 is 0 Å². The Labute approximate surface area is 95.8 Å². The molecule has 0 saturated heterocycles. The van der Waals surface area contributed by atoms with Gasteiger partial charge in [0.25, 0.3) is 5.91 Å². The molecule has 0 saturated carbocycles. The van der Waals surface area contributed by atoms with Crippen molar-refractivity contribution < 1.29 is 9.53 Å². The average molecular weight is 222 g/mol. The topological polar surface area (TPSA) is 64.3 Å². The standard InChI is InChI=1S/C12H18N2O2/c1-4-8(2)16-11-6-5-9(7-10(11)13)12(15)14-3/h5-8H,4,13H2,1-3H3,(H,14,15). The van der Waals surface area contributed by atoms with Crippen molar-refractivity contribution in [3.63, 3.8) is 0 Å². The molecule has 0 spiro atoms. The molecule has 1 unspecified atom stereocenters. The minimum Gasteiger partial charge on any atom is -0.489 e. The molecule has 1 aromatic rings. The van der Waals surface area contributed by atoms with Crippen molar-refractivity contribution in [1.29, 1.82) is 0 Å². The molecule has 0 aliphatic rings. The lowest BCUT2D eigenvalue weighted by Gasteiger charge is -2.14. The maximum atomic E-state index is 11.3. The molecule has 16 heavy (non-hydrogen) atoms. The molecule has 0 fully saturated rings. The van der Waals surface area contributed by atoms with E-state index in [1.165, 1.54) is 0 Å². The van der Waals surface area contributed by atoms with E-state index in [2.05, 4.69) is 5.32 Å². The van der Waals surface area contributed by atoms with Gasteiger partial charge < -0.3 is 15.8 Å². The largest absolute Gasteiger partial charge is 0.489 e. The van der Waals surface area contributed by atoms with Crippen molar-refractivity contribution in [3.05, 3.63) is 23.8 Å². The number of amides is 1. The van der Waals surface area contributed by atoms with E-state index in [9.17, 15) is 4.79 Å². The van der Waals surface area contributed by atoms with Crippen LogP contribution in [0.25, 0.3) is 0 Å². The first-order chi connectivity index (χ1) is 7.58. The van der Waals surface area contributed by atoms with Gasteiger partial charge in [0.1, 0.15) is 5.75 Å². The van der Waals surface area contributed by atoms with Gasteiger partial charge in [-0.25, -0.2) is 0 Å². The Balaban J connectivity index is 2.87. The van der Waals surface area contributed by atoms with Gasteiger partial charge in [-0.15, -0.1) is 0 Å². The molecule has 1 amide bonds. The smallest absolute Gasteiger partial charge is 0.251 e. The fraction of sp³-hybridized carbons (Fsp3) is 0.417. The first-order valence-electron chi connectivity index (χ1n) is 5.36. The molecule has 0 aliphatic heterocycles. The molecule has 4 nitrogen and oxygen atoms in total. The number of rotatable bonds is 4. The summed E-state index contributed by atoms with van der Waals surface area (Å²) in [5, 5.41) is 2.54. The molecule has 88 valence electrons. The number of hydrogen-bond acceptors (Lipinski definition) is 3. The summed E-state index contributed by atoms with van der Waals surface area (Å²) in [5.74, 6) is 0.476. The average Bonchev–Trinajstić information content (AvgIpc) is 2.30. The molecular weight excluding hydrogens is 204 g/mol. The highest BCUT2D eigenvalue weighted by Crippen LogP contribution is 2.24. The molecule has 0 aromatic heterocycles. The second kappa shape index (κ2) is 5.39. The Morgan fingerprint density at radius 1 is 1.56 bits per heavy atom. The van der Waals surface area contributed by atoms with Crippen molar-refractivity contribution in [1.82, 2.24) is 5.32 Å². The highest BCUT2D eigenvalue weighted by molar-refractivity contribution is 5.95. The third-order valence-corrected chi connectivity index (χ3v) is 2.40. The molecule has 0 bridgehead atoms. The molecule has 0 radical (unpaired) electrons. The van der Waals surface area contributed by atoms with E-state index < -0.39 is 0 Å². The van der Waals surface area contributed by atoms with E-state index in [4.69, 9.17) is 10.5 Å². The molecular formula is C12H18N2O2. The van der Waals surface area contributed by atoms with Gasteiger partial charge in [0.05, 0.1) is 11.8 Å². The summed E-state index contributed by atoms with van der Waals surface area (Å²) in [6, 6.07) is 5.05. The maximum Gasteiger partial charge on any atom is 0.251 e. The quantitative estimate of drug-likeness (QED) is 0.763. The summed E-state index contributed by atoms with van der Waals surface area (Å²) in [4.78, 5) is 11.3. The van der Waals surface area contributed by atoms with E-state index in [0.29, 0.717) is 17.0 Å². The first kappa shape index (κ1) is 12.4.